The second-order valence-electron chi connectivity index (χ2n) is 10.5. The molecule has 11 heteroatoms. The van der Waals surface area contributed by atoms with Crippen molar-refractivity contribution in [3.05, 3.63) is 48.7 Å². The Kier molecular flexibility index (Phi) is 8.15. The van der Waals surface area contributed by atoms with Gasteiger partial charge in [0.2, 0.25) is 0 Å². The first kappa shape index (κ1) is 27.2. The number of phenols is 1. The summed E-state index contributed by atoms with van der Waals surface area (Å²) in [7, 11) is 0. The first-order valence-electron chi connectivity index (χ1n) is 14.6. The quantitative estimate of drug-likeness (QED) is 0.244. The zero-order valence-corrected chi connectivity index (χ0v) is 23.3. The number of amides is 1. The van der Waals surface area contributed by atoms with Gasteiger partial charge in [-0.25, -0.2) is 19.1 Å². The van der Waals surface area contributed by atoms with Gasteiger partial charge in [0.15, 0.2) is 18.3 Å². The van der Waals surface area contributed by atoms with E-state index in [1.807, 2.05) is 29.8 Å². The van der Waals surface area contributed by atoms with Crippen LogP contribution in [0.5, 0.6) is 5.75 Å². The fourth-order valence-electron chi connectivity index (χ4n) is 5.33. The van der Waals surface area contributed by atoms with Gasteiger partial charge in [-0.3, -0.25) is 0 Å². The molecule has 1 amide bonds. The molecule has 2 aromatic heterocycles. The van der Waals surface area contributed by atoms with E-state index in [4.69, 9.17) is 24.3 Å². The number of anilines is 2. The minimum atomic E-state index is -0.556. The lowest BCUT2D eigenvalue weighted by Crippen LogP contribution is -2.28. The maximum absolute atomic E-state index is 13.6. The molecule has 2 atom stereocenters. The number of carbonyl (C=O) groups is 1. The Bertz CT molecular complexity index is 1470. The monoisotopic (exact) mass is 560 g/mol. The predicted octanol–water partition coefficient (Wildman–Crippen LogP) is 6.47. The summed E-state index contributed by atoms with van der Waals surface area (Å²) in [4.78, 5) is 19.8. The van der Waals surface area contributed by atoms with E-state index in [-0.39, 0.29) is 24.2 Å². The van der Waals surface area contributed by atoms with Crippen molar-refractivity contribution in [2.75, 3.05) is 24.7 Å². The topological polar surface area (TPSA) is 117 Å². The van der Waals surface area contributed by atoms with Gasteiger partial charge in [0.1, 0.15) is 5.75 Å². The van der Waals surface area contributed by atoms with Crippen molar-refractivity contribution < 1.29 is 24.1 Å². The molecule has 216 valence electrons. The normalized spacial score (nSPS) is 19.3. The third-order valence-corrected chi connectivity index (χ3v) is 7.55. The molecule has 11 nitrogen and oxygen atoms in total. The summed E-state index contributed by atoms with van der Waals surface area (Å²) >= 11 is 0. The second kappa shape index (κ2) is 12.3. The number of phenolic OH excluding ortho intramolecular Hbond substituents is 1. The average molecular weight is 561 g/mol. The van der Waals surface area contributed by atoms with Crippen molar-refractivity contribution in [3.63, 3.8) is 0 Å². The molecule has 2 unspecified atom stereocenters. The van der Waals surface area contributed by atoms with Crippen LogP contribution in [0.15, 0.2) is 48.7 Å². The molecule has 2 saturated heterocycles. The Morgan fingerprint density at radius 3 is 2.44 bits per heavy atom. The number of fused-ring (bicyclic) bond motifs is 1. The summed E-state index contributed by atoms with van der Waals surface area (Å²) in [5.41, 5.74) is 2.25. The molecule has 0 saturated carbocycles. The fourth-order valence-corrected chi connectivity index (χ4v) is 5.33. The molecule has 0 spiro atoms. The molecule has 2 aliphatic heterocycles. The van der Waals surface area contributed by atoms with E-state index in [2.05, 4.69) is 5.10 Å². The van der Waals surface area contributed by atoms with E-state index in [0.717, 1.165) is 74.4 Å². The van der Waals surface area contributed by atoms with Crippen molar-refractivity contribution in [3.8, 4) is 17.1 Å². The van der Waals surface area contributed by atoms with Gasteiger partial charge >= 0.3 is 6.09 Å². The molecule has 2 aromatic carbocycles. The van der Waals surface area contributed by atoms with E-state index in [9.17, 15) is 9.90 Å². The van der Waals surface area contributed by atoms with Crippen molar-refractivity contribution in [2.45, 2.75) is 70.7 Å². The number of carbonyl (C=O) groups excluding carboxylic acids is 1. The third kappa shape index (κ3) is 5.77. The number of benzene rings is 2. The number of hydrogen-bond donors (Lipinski definition) is 1. The highest BCUT2D eigenvalue weighted by Gasteiger charge is 2.30. The molecular formula is C30H36N6O5. The maximum atomic E-state index is 13.6. The minimum Gasteiger partial charge on any atom is -0.508 e. The zero-order chi connectivity index (χ0) is 28.2. The number of hydrogen-bond acceptors (Lipinski definition) is 8. The first-order valence-corrected chi connectivity index (χ1v) is 14.6. The van der Waals surface area contributed by atoms with Crippen LogP contribution in [0.4, 0.5) is 16.4 Å². The number of aromatic nitrogens is 5. The van der Waals surface area contributed by atoms with Crippen LogP contribution in [0.1, 0.15) is 70.7 Å². The van der Waals surface area contributed by atoms with Crippen LogP contribution in [0.3, 0.4) is 0 Å². The van der Waals surface area contributed by atoms with E-state index in [1.165, 1.54) is 4.90 Å². The van der Waals surface area contributed by atoms with Gasteiger partial charge in [0.25, 0.3) is 5.95 Å². The van der Waals surface area contributed by atoms with Gasteiger partial charge in [-0.15, -0.1) is 5.10 Å². The van der Waals surface area contributed by atoms with Gasteiger partial charge in [0, 0.05) is 24.2 Å². The van der Waals surface area contributed by atoms with Crippen molar-refractivity contribution in [2.24, 2.45) is 0 Å². The Morgan fingerprint density at radius 1 is 1.02 bits per heavy atom. The van der Waals surface area contributed by atoms with Crippen molar-refractivity contribution >= 4 is 28.6 Å². The molecular weight excluding hydrogens is 524 g/mol. The van der Waals surface area contributed by atoms with Gasteiger partial charge in [-0.05, 0) is 87.4 Å². The molecule has 4 heterocycles. The number of unbranched alkanes of at least 4 members (excludes halogenated alkanes) is 1. The number of ether oxygens (including phenoxy) is 3. The predicted molar refractivity (Wildman–Crippen MR) is 153 cm³/mol. The summed E-state index contributed by atoms with van der Waals surface area (Å²) in [6.07, 6.45) is 8.33. The van der Waals surface area contributed by atoms with E-state index in [0.29, 0.717) is 24.7 Å². The molecule has 1 N–H and O–H groups in total. The highest BCUT2D eigenvalue weighted by molar-refractivity contribution is 5.97. The van der Waals surface area contributed by atoms with E-state index < -0.39 is 6.09 Å². The Morgan fingerprint density at radius 2 is 1.76 bits per heavy atom. The lowest BCUT2D eigenvalue weighted by Gasteiger charge is -2.24. The van der Waals surface area contributed by atoms with Crippen LogP contribution >= 0.6 is 0 Å². The summed E-state index contributed by atoms with van der Waals surface area (Å²) in [5.74, 6) is 0.885. The molecule has 2 fully saturated rings. The minimum absolute atomic E-state index is 0.0945. The Hall–Kier alpha value is -3.96. The highest BCUT2D eigenvalue weighted by Crippen LogP contribution is 2.34. The molecule has 41 heavy (non-hydrogen) atoms. The summed E-state index contributed by atoms with van der Waals surface area (Å²) in [6.45, 7) is 3.69. The van der Waals surface area contributed by atoms with Crippen LogP contribution in [0.25, 0.3) is 22.3 Å². The Balaban J connectivity index is 1.41. The van der Waals surface area contributed by atoms with Crippen molar-refractivity contribution in [1.29, 1.82) is 0 Å². The molecule has 2 aliphatic rings. The maximum Gasteiger partial charge on any atom is 0.421 e. The SMILES string of the molecule is CCCCOC(=O)N(c1ccc2c(cnn2C2CCCCO2)c1)c1nc(-c2ccc(O)cc2)n(C2CCCCO2)n1. The smallest absolute Gasteiger partial charge is 0.421 e. The van der Waals surface area contributed by atoms with Gasteiger partial charge in [-0.1, -0.05) is 13.3 Å². The van der Waals surface area contributed by atoms with Crippen LogP contribution in [-0.2, 0) is 14.2 Å². The summed E-state index contributed by atoms with van der Waals surface area (Å²) in [6, 6.07) is 12.5. The molecule has 0 bridgehead atoms. The van der Waals surface area contributed by atoms with E-state index in [1.54, 1.807) is 35.1 Å². The van der Waals surface area contributed by atoms with Crippen LogP contribution < -0.4 is 4.90 Å². The number of rotatable bonds is 8. The third-order valence-electron chi connectivity index (χ3n) is 7.55. The second-order valence-corrected chi connectivity index (χ2v) is 10.5. The van der Waals surface area contributed by atoms with Crippen LogP contribution in [0, 0.1) is 0 Å². The Labute approximate surface area is 238 Å². The summed E-state index contributed by atoms with van der Waals surface area (Å²) in [5, 5.41) is 20.2. The number of nitrogens with zero attached hydrogens (tertiary/aromatic N) is 6. The highest BCUT2D eigenvalue weighted by atomic mass is 16.6. The molecule has 6 rings (SSSR count). The largest absolute Gasteiger partial charge is 0.508 e. The average Bonchev–Trinajstić information content (AvgIpc) is 3.64. The van der Waals surface area contributed by atoms with Crippen LogP contribution in [-0.4, -0.2) is 55.6 Å². The molecule has 0 radical (unpaired) electrons. The van der Waals surface area contributed by atoms with Gasteiger partial charge < -0.3 is 19.3 Å². The fraction of sp³-hybridized carbons (Fsp3) is 0.467. The first-order chi connectivity index (χ1) is 20.1. The lowest BCUT2D eigenvalue weighted by atomic mass is 10.1. The van der Waals surface area contributed by atoms with Crippen molar-refractivity contribution in [1.82, 2.24) is 24.5 Å². The van der Waals surface area contributed by atoms with E-state index >= 15 is 0 Å². The van der Waals surface area contributed by atoms with Crippen LogP contribution in [0.2, 0.25) is 0 Å². The molecule has 0 aliphatic carbocycles. The number of aromatic hydroxyl groups is 1. The summed E-state index contributed by atoms with van der Waals surface area (Å²) < 4.78 is 21.3. The molecule has 4 aromatic rings. The van der Waals surface area contributed by atoms with Gasteiger partial charge in [0.05, 0.1) is 24.0 Å². The zero-order valence-electron chi connectivity index (χ0n) is 23.3. The van der Waals surface area contributed by atoms with Gasteiger partial charge in [-0.2, -0.15) is 10.1 Å². The lowest BCUT2D eigenvalue weighted by molar-refractivity contribution is -0.0384. The standard InChI is InChI=1S/C30H36N6O5/c1-2-3-16-41-30(38)34(23-12-15-25-22(19-23)20-31-35(25)26-8-4-6-17-39-26)29-32-28(21-10-13-24(37)14-11-21)36(33-29)27-9-5-7-18-40-27/h10-15,19-20,26-27,37H,2-9,16-18H2,1H3.